The van der Waals surface area contributed by atoms with Gasteiger partial charge in [0.15, 0.2) is 0 Å². The Morgan fingerprint density at radius 3 is 2.78 bits per heavy atom. The maximum atomic E-state index is 6.33. The van der Waals surface area contributed by atoms with Crippen LogP contribution in [0, 0.1) is 0 Å². The Labute approximate surface area is 191 Å². The minimum absolute atomic E-state index is 0.135. The molecule has 5 rings (SSSR count). The van der Waals surface area contributed by atoms with Gasteiger partial charge >= 0.3 is 0 Å². The third kappa shape index (κ3) is 3.99. The number of nitrogens with two attached hydrogens (primary N) is 1. The van der Waals surface area contributed by atoms with Gasteiger partial charge < -0.3 is 25.7 Å². The van der Waals surface area contributed by atoms with Crippen molar-refractivity contribution in [1.29, 1.82) is 0 Å². The van der Waals surface area contributed by atoms with Crippen molar-refractivity contribution >= 4 is 44.9 Å². The first-order chi connectivity index (χ1) is 15.7. The summed E-state index contributed by atoms with van der Waals surface area (Å²) in [5.41, 5.74) is 11.8. The van der Waals surface area contributed by atoms with E-state index < -0.39 is 0 Å². The highest BCUT2D eigenvalue weighted by molar-refractivity contribution is 6.31. The Morgan fingerprint density at radius 2 is 2.00 bits per heavy atom. The van der Waals surface area contributed by atoms with Crippen molar-refractivity contribution in [2.24, 2.45) is 5.73 Å². The van der Waals surface area contributed by atoms with Crippen LogP contribution in [0.5, 0.6) is 0 Å². The number of H-pyrrole nitrogens is 1. The minimum atomic E-state index is 0.135. The summed E-state index contributed by atoms with van der Waals surface area (Å²) in [4.78, 5) is 15.4. The van der Waals surface area contributed by atoms with E-state index in [2.05, 4.69) is 45.3 Å². The number of hydrogen-bond acceptors (Lipinski definition) is 6. The molecular formula is C24H27ClN6O. The Kier molecular flexibility index (Phi) is 5.87. The van der Waals surface area contributed by atoms with Crippen molar-refractivity contribution in [3.05, 3.63) is 47.6 Å². The molecule has 0 bridgehead atoms. The highest BCUT2D eigenvalue weighted by Crippen LogP contribution is 2.35. The quantitative estimate of drug-likeness (QED) is 0.403. The molecule has 2 aromatic carbocycles. The van der Waals surface area contributed by atoms with Crippen LogP contribution in [-0.2, 0) is 4.74 Å². The molecule has 1 aliphatic rings. The van der Waals surface area contributed by atoms with Gasteiger partial charge in [-0.1, -0.05) is 18.5 Å². The number of nitrogens with zero attached hydrogens (tertiary/aromatic N) is 3. The van der Waals surface area contributed by atoms with Crippen molar-refractivity contribution in [2.75, 3.05) is 43.1 Å². The number of ether oxygens (including phenoxy) is 1. The normalized spacial score (nSPS) is 15.4. The lowest BCUT2D eigenvalue weighted by Gasteiger charge is -2.28. The Bertz CT molecular complexity index is 1250. The van der Waals surface area contributed by atoms with Gasteiger partial charge in [0.1, 0.15) is 5.82 Å². The molecule has 0 saturated carbocycles. The van der Waals surface area contributed by atoms with E-state index in [9.17, 15) is 0 Å². The molecule has 1 unspecified atom stereocenters. The SMILES string of the molecule is CCC(CN)Nc1c(-c2nc3ccc(N4CCOCC4)cc3[nH]2)cnc2ccc(Cl)cc12. The molecule has 1 fully saturated rings. The van der Waals surface area contributed by atoms with Crippen LogP contribution in [0.25, 0.3) is 33.3 Å². The van der Waals surface area contributed by atoms with E-state index in [1.807, 2.05) is 24.4 Å². The van der Waals surface area contributed by atoms with Crippen LogP contribution in [0.3, 0.4) is 0 Å². The van der Waals surface area contributed by atoms with Crippen LogP contribution in [0.4, 0.5) is 11.4 Å². The number of rotatable bonds is 6. The van der Waals surface area contributed by atoms with Crippen LogP contribution < -0.4 is 16.0 Å². The van der Waals surface area contributed by atoms with E-state index in [1.54, 1.807) is 0 Å². The summed E-state index contributed by atoms with van der Waals surface area (Å²) in [6.45, 7) is 5.96. The number of fused-ring (bicyclic) bond motifs is 2. The molecule has 166 valence electrons. The van der Waals surface area contributed by atoms with Gasteiger partial charge in [-0.2, -0.15) is 0 Å². The Morgan fingerprint density at radius 1 is 1.19 bits per heavy atom. The second-order valence-electron chi connectivity index (χ2n) is 8.08. The van der Waals surface area contributed by atoms with Crippen molar-refractivity contribution < 1.29 is 4.74 Å². The van der Waals surface area contributed by atoms with Crippen LogP contribution in [0.1, 0.15) is 13.3 Å². The number of anilines is 2. The predicted molar refractivity (Wildman–Crippen MR) is 132 cm³/mol. The minimum Gasteiger partial charge on any atom is -0.380 e. The maximum absolute atomic E-state index is 6.33. The molecule has 3 heterocycles. The van der Waals surface area contributed by atoms with Crippen LogP contribution in [0.2, 0.25) is 5.02 Å². The van der Waals surface area contributed by atoms with Gasteiger partial charge in [-0.15, -0.1) is 0 Å². The molecular weight excluding hydrogens is 424 g/mol. The van der Waals surface area contributed by atoms with Crippen LogP contribution in [-0.4, -0.2) is 53.8 Å². The molecule has 0 aliphatic carbocycles. The lowest BCUT2D eigenvalue weighted by Crippen LogP contribution is -2.36. The van der Waals surface area contributed by atoms with E-state index in [-0.39, 0.29) is 6.04 Å². The van der Waals surface area contributed by atoms with Gasteiger partial charge in [-0.25, -0.2) is 4.98 Å². The van der Waals surface area contributed by atoms with E-state index in [4.69, 9.17) is 27.1 Å². The monoisotopic (exact) mass is 450 g/mol. The van der Waals surface area contributed by atoms with E-state index >= 15 is 0 Å². The fraction of sp³-hybridized carbons (Fsp3) is 0.333. The summed E-state index contributed by atoms with van der Waals surface area (Å²) in [6.07, 6.45) is 2.77. The Balaban J connectivity index is 1.61. The average molecular weight is 451 g/mol. The van der Waals surface area contributed by atoms with Gasteiger partial charge in [0, 0.05) is 48.0 Å². The number of morpholine rings is 1. The summed E-state index contributed by atoms with van der Waals surface area (Å²) in [7, 11) is 0. The molecule has 4 aromatic rings. The number of aromatic nitrogens is 3. The molecule has 8 heteroatoms. The van der Waals surface area contributed by atoms with Gasteiger partial charge in [0.05, 0.1) is 41.0 Å². The zero-order valence-corrected chi connectivity index (χ0v) is 18.8. The zero-order valence-electron chi connectivity index (χ0n) is 18.1. The highest BCUT2D eigenvalue weighted by Gasteiger charge is 2.18. The number of imidazole rings is 1. The fourth-order valence-electron chi connectivity index (χ4n) is 4.18. The summed E-state index contributed by atoms with van der Waals surface area (Å²) >= 11 is 6.33. The van der Waals surface area contributed by atoms with Crippen molar-refractivity contribution in [1.82, 2.24) is 15.0 Å². The summed E-state index contributed by atoms with van der Waals surface area (Å²) in [5.74, 6) is 0.767. The third-order valence-electron chi connectivity index (χ3n) is 6.05. The molecule has 1 aliphatic heterocycles. The second kappa shape index (κ2) is 8.94. The standard InChI is InChI=1S/C24H27ClN6O/c1-2-16(13-26)28-23-18-11-15(25)3-5-20(18)27-14-19(23)24-29-21-6-4-17(12-22(21)30-24)31-7-9-32-10-8-31/h3-6,11-12,14,16H,2,7-10,13,26H2,1H3,(H,27,28)(H,29,30). The molecule has 7 nitrogen and oxygen atoms in total. The Hall–Kier alpha value is -2.87. The molecule has 1 saturated heterocycles. The van der Waals surface area contributed by atoms with Crippen LogP contribution >= 0.6 is 11.6 Å². The van der Waals surface area contributed by atoms with Crippen LogP contribution in [0.15, 0.2) is 42.6 Å². The van der Waals surface area contributed by atoms with E-state index in [1.165, 1.54) is 5.69 Å². The van der Waals surface area contributed by atoms with Crippen molar-refractivity contribution in [2.45, 2.75) is 19.4 Å². The number of pyridine rings is 1. The van der Waals surface area contributed by atoms with E-state index in [0.29, 0.717) is 11.6 Å². The zero-order chi connectivity index (χ0) is 22.1. The smallest absolute Gasteiger partial charge is 0.142 e. The lowest BCUT2D eigenvalue weighted by molar-refractivity contribution is 0.122. The van der Waals surface area contributed by atoms with Gasteiger partial charge in [-0.3, -0.25) is 4.98 Å². The largest absolute Gasteiger partial charge is 0.380 e. The number of benzene rings is 2. The van der Waals surface area contributed by atoms with Gasteiger partial charge in [0.25, 0.3) is 0 Å². The van der Waals surface area contributed by atoms with E-state index in [0.717, 1.165) is 71.7 Å². The highest BCUT2D eigenvalue weighted by atomic mass is 35.5. The first kappa shape index (κ1) is 21.0. The summed E-state index contributed by atoms with van der Waals surface area (Å²) in [5, 5.41) is 5.24. The average Bonchev–Trinajstić information content (AvgIpc) is 3.26. The number of aromatic amines is 1. The number of nitrogens with one attached hydrogen (secondary N) is 2. The van der Waals surface area contributed by atoms with Gasteiger partial charge in [-0.05, 0) is 42.8 Å². The second-order valence-corrected chi connectivity index (χ2v) is 8.52. The fourth-order valence-corrected chi connectivity index (χ4v) is 4.35. The molecule has 0 amide bonds. The molecule has 4 N–H and O–H groups in total. The molecule has 0 radical (unpaired) electrons. The van der Waals surface area contributed by atoms with Crippen molar-refractivity contribution in [3.63, 3.8) is 0 Å². The molecule has 2 aromatic heterocycles. The first-order valence-electron chi connectivity index (χ1n) is 11.0. The molecule has 0 spiro atoms. The molecule has 1 atom stereocenters. The van der Waals surface area contributed by atoms with Gasteiger partial charge in [0.2, 0.25) is 0 Å². The lowest BCUT2D eigenvalue weighted by atomic mass is 10.1. The first-order valence-corrected chi connectivity index (χ1v) is 11.4. The summed E-state index contributed by atoms with van der Waals surface area (Å²) < 4.78 is 5.48. The topological polar surface area (TPSA) is 92.1 Å². The predicted octanol–water partition coefficient (Wildman–Crippen LogP) is 4.42. The summed E-state index contributed by atoms with van der Waals surface area (Å²) in [6, 6.07) is 12.2. The third-order valence-corrected chi connectivity index (χ3v) is 6.29. The number of halogens is 1. The van der Waals surface area contributed by atoms with Crippen molar-refractivity contribution in [3.8, 4) is 11.4 Å². The molecule has 32 heavy (non-hydrogen) atoms. The maximum Gasteiger partial charge on any atom is 0.142 e. The number of hydrogen-bond donors (Lipinski definition) is 3.